The maximum atomic E-state index is 13.2. The van der Waals surface area contributed by atoms with Crippen LogP contribution in [-0.4, -0.2) is 31.4 Å². The monoisotopic (exact) mass is 479 g/mol. The fourth-order valence-electron chi connectivity index (χ4n) is 2.82. The van der Waals surface area contributed by atoms with Crippen LogP contribution in [0.2, 0.25) is 0 Å². The lowest BCUT2D eigenvalue weighted by molar-refractivity contribution is -0.137. The Bertz CT molecular complexity index is 1080. The van der Waals surface area contributed by atoms with Gasteiger partial charge in [-0.05, 0) is 43.7 Å². The van der Waals surface area contributed by atoms with Crippen molar-refractivity contribution in [3.05, 3.63) is 75.9 Å². The van der Waals surface area contributed by atoms with Gasteiger partial charge < -0.3 is 9.47 Å². The van der Waals surface area contributed by atoms with Crippen LogP contribution >= 0.6 is 15.9 Å². The van der Waals surface area contributed by atoms with Gasteiger partial charge in [-0.15, -0.1) is 0 Å². The highest BCUT2D eigenvalue weighted by Gasteiger charge is 2.46. The van der Waals surface area contributed by atoms with Crippen molar-refractivity contribution in [2.45, 2.75) is 24.8 Å². The predicted molar refractivity (Wildman–Crippen MR) is 108 cm³/mol. The van der Waals surface area contributed by atoms with Crippen LogP contribution < -0.4 is 0 Å². The van der Waals surface area contributed by atoms with E-state index >= 15 is 0 Å². The smallest absolute Gasteiger partial charge is 0.429 e. The van der Waals surface area contributed by atoms with E-state index in [1.165, 1.54) is 12.1 Å². The van der Waals surface area contributed by atoms with Gasteiger partial charge in [0.15, 0.2) is 6.10 Å². The van der Waals surface area contributed by atoms with Gasteiger partial charge in [-0.1, -0.05) is 45.8 Å². The number of rotatable bonds is 5. The summed E-state index contributed by atoms with van der Waals surface area (Å²) in [6.45, 7) is 3.54. The molecule has 1 aliphatic rings. The quantitative estimate of drug-likeness (QED) is 0.473. The number of carbonyl (C=O) groups excluding carboxylic acids is 2. The summed E-state index contributed by atoms with van der Waals surface area (Å²) >= 11 is 3.33. The highest BCUT2D eigenvalue weighted by atomic mass is 79.9. The molecule has 0 aliphatic carbocycles. The van der Waals surface area contributed by atoms with Crippen molar-refractivity contribution in [1.82, 2.24) is 4.31 Å². The van der Waals surface area contributed by atoms with E-state index in [2.05, 4.69) is 15.9 Å². The first-order valence-corrected chi connectivity index (χ1v) is 10.9. The number of sulfonamides is 1. The SMILES string of the molecule is CCOC(=O)/C=C1\[C@@H](c2cccc(Br)c2)OC(=O)N1S(=O)(=O)c1ccc(C)cc1. The number of halogens is 1. The molecule has 1 fully saturated rings. The number of hydrogen-bond donors (Lipinski definition) is 0. The van der Waals surface area contributed by atoms with Crippen molar-refractivity contribution in [1.29, 1.82) is 0 Å². The van der Waals surface area contributed by atoms with Crippen LogP contribution in [0.3, 0.4) is 0 Å². The highest BCUT2D eigenvalue weighted by Crippen LogP contribution is 2.40. The zero-order valence-electron chi connectivity index (χ0n) is 15.7. The first-order valence-electron chi connectivity index (χ1n) is 8.70. The second-order valence-corrected chi connectivity index (χ2v) is 8.92. The zero-order valence-corrected chi connectivity index (χ0v) is 18.1. The number of ether oxygens (including phenoxy) is 2. The summed E-state index contributed by atoms with van der Waals surface area (Å²) in [6.07, 6.45) is -1.19. The number of amides is 1. The van der Waals surface area contributed by atoms with E-state index in [4.69, 9.17) is 9.47 Å². The standard InChI is InChI=1S/C20H18BrNO6S/c1-3-27-18(23)12-17-19(14-5-4-6-15(21)11-14)28-20(24)22(17)29(25,26)16-9-7-13(2)8-10-16/h4-12,19H,3H2,1-2H3/b17-12+/t19-/m1/s1. The second kappa shape index (κ2) is 8.38. The third kappa shape index (κ3) is 4.35. The molecule has 9 heteroatoms. The molecule has 0 bridgehead atoms. The Hall–Kier alpha value is -2.65. The average molecular weight is 480 g/mol. The van der Waals surface area contributed by atoms with Crippen LogP contribution in [0, 0.1) is 6.92 Å². The van der Waals surface area contributed by atoms with E-state index in [0.29, 0.717) is 14.3 Å². The van der Waals surface area contributed by atoms with Crippen molar-refractivity contribution in [3.8, 4) is 0 Å². The normalized spacial score (nSPS) is 18.0. The van der Waals surface area contributed by atoms with Crippen LogP contribution in [0.4, 0.5) is 4.79 Å². The Labute approximate surface area is 177 Å². The minimum atomic E-state index is -4.29. The number of esters is 1. The van der Waals surface area contributed by atoms with Crippen molar-refractivity contribution in [2.75, 3.05) is 6.61 Å². The minimum absolute atomic E-state index is 0.0929. The Morgan fingerprint density at radius 2 is 1.93 bits per heavy atom. The molecule has 1 aliphatic heterocycles. The van der Waals surface area contributed by atoms with Gasteiger partial charge in [0, 0.05) is 10.5 Å². The topological polar surface area (TPSA) is 90.0 Å². The molecule has 1 amide bonds. The second-order valence-electron chi connectivity index (χ2n) is 6.22. The Balaban J connectivity index is 2.12. The number of benzene rings is 2. The largest absolute Gasteiger partial charge is 0.463 e. The lowest BCUT2D eigenvalue weighted by Gasteiger charge is -2.17. The maximum Gasteiger partial charge on any atom is 0.429 e. The third-order valence-electron chi connectivity index (χ3n) is 4.15. The maximum absolute atomic E-state index is 13.2. The minimum Gasteiger partial charge on any atom is -0.463 e. The number of cyclic esters (lactones) is 1. The van der Waals surface area contributed by atoms with Gasteiger partial charge in [-0.3, -0.25) is 0 Å². The predicted octanol–water partition coefficient (Wildman–Crippen LogP) is 4.09. The summed E-state index contributed by atoms with van der Waals surface area (Å²) in [4.78, 5) is 24.6. The molecule has 2 aromatic carbocycles. The van der Waals surface area contributed by atoms with Crippen LogP contribution in [0.5, 0.6) is 0 Å². The molecule has 1 heterocycles. The Kier molecular flexibility index (Phi) is 6.09. The van der Waals surface area contributed by atoms with Crippen molar-refractivity contribution >= 4 is 38.0 Å². The zero-order chi connectivity index (χ0) is 21.2. The number of carbonyl (C=O) groups is 2. The van der Waals surface area contributed by atoms with Gasteiger partial charge in [0.2, 0.25) is 0 Å². The molecule has 0 aromatic heterocycles. The van der Waals surface area contributed by atoms with Crippen LogP contribution in [0.1, 0.15) is 24.2 Å². The van der Waals surface area contributed by atoms with Crippen molar-refractivity contribution < 1.29 is 27.5 Å². The number of nitrogens with zero attached hydrogens (tertiary/aromatic N) is 1. The fraction of sp³-hybridized carbons (Fsp3) is 0.200. The molecule has 0 N–H and O–H groups in total. The van der Waals surface area contributed by atoms with Crippen LogP contribution in [0.25, 0.3) is 0 Å². The van der Waals surface area contributed by atoms with E-state index in [9.17, 15) is 18.0 Å². The molecule has 3 rings (SSSR count). The fourth-order valence-corrected chi connectivity index (χ4v) is 4.59. The molecule has 0 unspecified atom stereocenters. The summed E-state index contributed by atoms with van der Waals surface area (Å²) in [5.41, 5.74) is 1.24. The van der Waals surface area contributed by atoms with Gasteiger partial charge in [0.05, 0.1) is 17.2 Å². The first-order chi connectivity index (χ1) is 13.7. The molecule has 1 saturated heterocycles. The van der Waals surface area contributed by atoms with E-state index in [1.54, 1.807) is 43.3 Å². The summed E-state index contributed by atoms with van der Waals surface area (Å²) < 4.78 is 37.8. The molecule has 29 heavy (non-hydrogen) atoms. The summed E-state index contributed by atoms with van der Waals surface area (Å²) in [6, 6.07) is 12.9. The summed E-state index contributed by atoms with van der Waals surface area (Å²) in [7, 11) is -4.29. The Morgan fingerprint density at radius 3 is 2.55 bits per heavy atom. The number of hydrogen-bond acceptors (Lipinski definition) is 6. The molecular formula is C20H18BrNO6S. The molecule has 1 atom stereocenters. The van der Waals surface area contributed by atoms with Crippen LogP contribution in [-0.2, 0) is 24.3 Å². The molecule has 152 valence electrons. The molecule has 0 saturated carbocycles. The van der Waals surface area contributed by atoms with E-state index < -0.39 is 28.2 Å². The average Bonchev–Trinajstić information content (AvgIpc) is 2.99. The first kappa shape index (κ1) is 21.1. The van der Waals surface area contributed by atoms with Gasteiger partial charge in [0.1, 0.15) is 0 Å². The van der Waals surface area contributed by atoms with Crippen molar-refractivity contribution in [3.63, 3.8) is 0 Å². The number of aryl methyl sites for hydroxylation is 1. The molecule has 2 aromatic rings. The van der Waals surface area contributed by atoms with Crippen molar-refractivity contribution in [2.24, 2.45) is 0 Å². The molecule has 0 radical (unpaired) electrons. The van der Waals surface area contributed by atoms with Crippen LogP contribution in [0.15, 0.2) is 69.7 Å². The molecule has 7 nitrogen and oxygen atoms in total. The van der Waals surface area contributed by atoms with Gasteiger partial charge in [0.25, 0.3) is 10.0 Å². The highest BCUT2D eigenvalue weighted by molar-refractivity contribution is 9.10. The molecular weight excluding hydrogens is 462 g/mol. The molecule has 0 spiro atoms. The van der Waals surface area contributed by atoms with Gasteiger partial charge in [-0.2, -0.15) is 4.31 Å². The van der Waals surface area contributed by atoms with E-state index in [-0.39, 0.29) is 17.2 Å². The van der Waals surface area contributed by atoms with Gasteiger partial charge >= 0.3 is 12.1 Å². The Morgan fingerprint density at radius 1 is 1.24 bits per heavy atom. The van der Waals surface area contributed by atoms with E-state index in [0.717, 1.165) is 11.6 Å². The lowest BCUT2D eigenvalue weighted by Crippen LogP contribution is -2.31. The summed E-state index contributed by atoms with van der Waals surface area (Å²) in [5, 5.41) is 0. The summed E-state index contributed by atoms with van der Waals surface area (Å²) in [5.74, 6) is -0.773. The van der Waals surface area contributed by atoms with E-state index in [1.807, 2.05) is 6.92 Å². The third-order valence-corrected chi connectivity index (χ3v) is 6.35. The van der Waals surface area contributed by atoms with Gasteiger partial charge in [-0.25, -0.2) is 18.0 Å². The lowest BCUT2D eigenvalue weighted by atomic mass is 10.1.